The van der Waals surface area contributed by atoms with E-state index >= 15 is 0 Å². The monoisotopic (exact) mass is 422 g/mol. The highest BCUT2D eigenvalue weighted by Crippen LogP contribution is 2.25. The average molecular weight is 422 g/mol. The summed E-state index contributed by atoms with van der Waals surface area (Å²) in [5, 5.41) is 1.34. The molecule has 0 saturated carbocycles. The normalized spacial score (nSPS) is 10.9. The van der Waals surface area contributed by atoms with Gasteiger partial charge in [0.05, 0.1) is 13.3 Å². The zero-order valence-corrected chi connectivity index (χ0v) is 17.1. The molecule has 30 heavy (non-hydrogen) atoms. The van der Waals surface area contributed by atoms with Gasteiger partial charge in [-0.05, 0) is 30.5 Å². The smallest absolute Gasteiger partial charge is 0.357 e. The number of ether oxygens (including phenoxy) is 2. The van der Waals surface area contributed by atoms with E-state index in [0.29, 0.717) is 33.1 Å². The van der Waals surface area contributed by atoms with Gasteiger partial charge in [-0.3, -0.25) is 4.57 Å². The predicted octanol–water partition coefficient (Wildman–Crippen LogP) is 4.07. The van der Waals surface area contributed by atoms with Crippen LogP contribution in [0.2, 0.25) is 0 Å². The van der Waals surface area contributed by atoms with E-state index in [-0.39, 0.29) is 6.61 Å². The Morgan fingerprint density at radius 1 is 1.17 bits per heavy atom. The average Bonchev–Trinajstić information content (AvgIpc) is 3.21. The molecule has 2 aromatic heterocycles. The number of fused-ring (bicyclic) bond motifs is 1. The number of thioether (sulfide) groups is 1. The van der Waals surface area contributed by atoms with Crippen molar-refractivity contribution in [3.05, 3.63) is 82.5 Å². The van der Waals surface area contributed by atoms with Gasteiger partial charge in [-0.25, -0.2) is 14.6 Å². The molecule has 2 heterocycles. The molecule has 0 N–H and O–H groups in total. The van der Waals surface area contributed by atoms with E-state index < -0.39 is 11.6 Å². The fourth-order valence-corrected chi connectivity index (χ4v) is 3.67. The van der Waals surface area contributed by atoms with Gasteiger partial charge in [0.1, 0.15) is 17.9 Å². The maximum atomic E-state index is 12.8. The number of carbonyl (C=O) groups is 1. The number of carbonyl (C=O) groups excluding carboxylic acids is 1. The highest BCUT2D eigenvalue weighted by molar-refractivity contribution is 7.98. The van der Waals surface area contributed by atoms with E-state index in [4.69, 9.17) is 13.9 Å². The quantitative estimate of drug-likeness (QED) is 0.263. The molecule has 4 rings (SSSR count). The molecule has 2 aromatic carbocycles. The van der Waals surface area contributed by atoms with Gasteiger partial charge in [0.2, 0.25) is 0 Å². The minimum atomic E-state index is -0.540. The molecule has 8 heteroatoms. The van der Waals surface area contributed by atoms with Crippen molar-refractivity contribution in [2.45, 2.75) is 11.8 Å². The first kappa shape index (κ1) is 19.8. The van der Waals surface area contributed by atoms with Crippen LogP contribution in [0.4, 0.5) is 0 Å². The van der Waals surface area contributed by atoms with Gasteiger partial charge in [0.25, 0.3) is 0 Å². The fraction of sp³-hybridized carbons (Fsp3) is 0.136. The number of rotatable bonds is 6. The van der Waals surface area contributed by atoms with Crippen molar-refractivity contribution in [1.82, 2.24) is 9.55 Å². The number of aromatic nitrogens is 2. The Hall–Kier alpha value is -3.52. The minimum Gasteiger partial charge on any atom is -0.497 e. The maximum Gasteiger partial charge on any atom is 0.357 e. The lowest BCUT2D eigenvalue weighted by Gasteiger charge is -2.11. The van der Waals surface area contributed by atoms with Crippen LogP contribution < -0.4 is 10.4 Å². The van der Waals surface area contributed by atoms with E-state index in [0.717, 1.165) is 5.69 Å². The molecule has 0 radical (unpaired) electrons. The molecule has 0 atom stereocenters. The molecule has 0 unspecified atom stereocenters. The number of methoxy groups -OCH3 is 1. The van der Waals surface area contributed by atoms with Crippen molar-refractivity contribution in [1.29, 1.82) is 0 Å². The van der Waals surface area contributed by atoms with Gasteiger partial charge in [-0.2, -0.15) is 0 Å². The van der Waals surface area contributed by atoms with Crippen LogP contribution in [-0.4, -0.2) is 28.9 Å². The molecule has 4 aromatic rings. The van der Waals surface area contributed by atoms with Crippen molar-refractivity contribution < 1.29 is 18.7 Å². The molecule has 0 aliphatic carbocycles. The lowest BCUT2D eigenvalue weighted by atomic mass is 10.1. The Morgan fingerprint density at radius 2 is 1.97 bits per heavy atom. The zero-order chi connectivity index (χ0) is 21.1. The SMILES string of the molecule is COc1ccc2c(COC(=O)c3cnc(SC)n3-c3ccccc3)cc(=O)oc2c1. The first-order valence-electron chi connectivity index (χ1n) is 9.05. The second-order valence-electron chi connectivity index (χ2n) is 6.33. The fourth-order valence-electron chi connectivity index (χ4n) is 3.12. The van der Waals surface area contributed by atoms with E-state index in [2.05, 4.69) is 4.98 Å². The van der Waals surface area contributed by atoms with Crippen LogP contribution in [0.15, 0.2) is 75.2 Å². The van der Waals surface area contributed by atoms with Crippen LogP contribution in [0.5, 0.6) is 5.75 Å². The number of para-hydroxylation sites is 1. The summed E-state index contributed by atoms with van der Waals surface area (Å²) >= 11 is 1.43. The number of esters is 1. The lowest BCUT2D eigenvalue weighted by molar-refractivity contribution is 0.0463. The molecule has 0 amide bonds. The highest BCUT2D eigenvalue weighted by Gasteiger charge is 2.19. The van der Waals surface area contributed by atoms with Gasteiger partial charge in [0, 0.05) is 28.8 Å². The molecular formula is C22H18N2O5S. The molecular weight excluding hydrogens is 404 g/mol. The van der Waals surface area contributed by atoms with Gasteiger partial charge >= 0.3 is 11.6 Å². The molecule has 7 nitrogen and oxygen atoms in total. The summed E-state index contributed by atoms with van der Waals surface area (Å²) in [5.74, 6) is 0.0257. The Labute approximate surface area is 176 Å². The third-order valence-electron chi connectivity index (χ3n) is 4.53. The topological polar surface area (TPSA) is 83.6 Å². The summed E-state index contributed by atoms with van der Waals surface area (Å²) in [6.07, 6.45) is 3.38. The number of imidazole rings is 1. The summed E-state index contributed by atoms with van der Waals surface area (Å²) in [6, 6.07) is 15.9. The van der Waals surface area contributed by atoms with E-state index in [1.54, 1.807) is 22.8 Å². The maximum absolute atomic E-state index is 12.8. The molecule has 0 aliphatic heterocycles. The van der Waals surface area contributed by atoms with Crippen LogP contribution >= 0.6 is 11.8 Å². The van der Waals surface area contributed by atoms with Crippen molar-refractivity contribution in [2.24, 2.45) is 0 Å². The third kappa shape index (κ3) is 3.81. The van der Waals surface area contributed by atoms with Gasteiger partial charge in [-0.1, -0.05) is 30.0 Å². The summed E-state index contributed by atoms with van der Waals surface area (Å²) in [7, 11) is 1.53. The Morgan fingerprint density at radius 3 is 2.70 bits per heavy atom. The lowest BCUT2D eigenvalue weighted by Crippen LogP contribution is -2.12. The summed E-state index contributed by atoms with van der Waals surface area (Å²) in [6.45, 7) is -0.0815. The molecule has 152 valence electrons. The summed E-state index contributed by atoms with van der Waals surface area (Å²) < 4.78 is 17.7. The zero-order valence-electron chi connectivity index (χ0n) is 16.3. The van der Waals surface area contributed by atoms with Crippen molar-refractivity contribution in [2.75, 3.05) is 13.4 Å². The second-order valence-corrected chi connectivity index (χ2v) is 7.10. The number of hydrogen-bond donors (Lipinski definition) is 0. The Bertz CT molecular complexity index is 1260. The standard InChI is InChI=1S/C22H18N2O5S/c1-27-16-8-9-17-14(10-20(25)29-19(17)11-16)13-28-21(26)18-12-23-22(30-2)24(18)15-6-4-3-5-7-15/h3-12H,13H2,1-2H3. The van der Waals surface area contributed by atoms with Crippen LogP contribution in [0, 0.1) is 0 Å². The molecule has 0 spiro atoms. The van der Waals surface area contributed by atoms with Gasteiger partial charge in [-0.15, -0.1) is 0 Å². The summed E-state index contributed by atoms with van der Waals surface area (Å²) in [4.78, 5) is 29.1. The Kier molecular flexibility index (Phi) is 5.58. The van der Waals surface area contributed by atoms with Gasteiger partial charge in [0.15, 0.2) is 10.9 Å². The molecule has 0 bridgehead atoms. The molecule has 0 aliphatic rings. The van der Waals surface area contributed by atoms with Gasteiger partial charge < -0.3 is 13.9 Å². The van der Waals surface area contributed by atoms with E-state index in [1.807, 2.05) is 36.6 Å². The van der Waals surface area contributed by atoms with Crippen LogP contribution in [0.1, 0.15) is 16.1 Å². The minimum absolute atomic E-state index is 0.0815. The van der Waals surface area contributed by atoms with Crippen molar-refractivity contribution in [3.63, 3.8) is 0 Å². The predicted molar refractivity (Wildman–Crippen MR) is 114 cm³/mol. The van der Waals surface area contributed by atoms with Crippen LogP contribution in [0.3, 0.4) is 0 Å². The van der Waals surface area contributed by atoms with E-state index in [1.165, 1.54) is 31.1 Å². The first-order valence-corrected chi connectivity index (χ1v) is 10.3. The third-order valence-corrected chi connectivity index (χ3v) is 5.18. The largest absolute Gasteiger partial charge is 0.497 e. The number of hydrogen-bond acceptors (Lipinski definition) is 7. The van der Waals surface area contributed by atoms with Crippen LogP contribution in [-0.2, 0) is 11.3 Å². The molecule has 0 saturated heterocycles. The van der Waals surface area contributed by atoms with Crippen LogP contribution in [0.25, 0.3) is 16.7 Å². The number of nitrogens with zero attached hydrogens (tertiary/aromatic N) is 2. The van der Waals surface area contributed by atoms with E-state index in [9.17, 15) is 9.59 Å². The highest BCUT2D eigenvalue weighted by atomic mass is 32.2. The first-order chi connectivity index (χ1) is 14.6. The number of benzene rings is 2. The second kappa shape index (κ2) is 8.46. The van der Waals surface area contributed by atoms with Crippen molar-refractivity contribution >= 4 is 28.7 Å². The summed E-state index contributed by atoms with van der Waals surface area (Å²) in [5.41, 5.74) is 1.50. The Balaban J connectivity index is 1.64. The van der Waals surface area contributed by atoms with Crippen molar-refractivity contribution in [3.8, 4) is 11.4 Å². The molecule has 0 fully saturated rings.